The summed E-state index contributed by atoms with van der Waals surface area (Å²) in [7, 11) is -3.54. The molecule has 11 heteroatoms. The number of nitrogens with one attached hydrogen (secondary N) is 1. The van der Waals surface area contributed by atoms with E-state index in [9.17, 15) is 18.0 Å². The van der Waals surface area contributed by atoms with Gasteiger partial charge in [0.05, 0.1) is 4.90 Å². The van der Waals surface area contributed by atoms with Gasteiger partial charge in [0.1, 0.15) is 17.2 Å². The van der Waals surface area contributed by atoms with Crippen LogP contribution in [0.25, 0.3) is 0 Å². The number of ether oxygens (including phenoxy) is 1. The van der Waals surface area contributed by atoms with E-state index in [2.05, 4.69) is 14.5 Å². The molecule has 1 aliphatic heterocycles. The van der Waals surface area contributed by atoms with Gasteiger partial charge < -0.3 is 9.64 Å². The molecule has 0 unspecified atom stereocenters. The summed E-state index contributed by atoms with van der Waals surface area (Å²) in [5.74, 6) is 1.34. The predicted octanol–water partition coefficient (Wildman–Crippen LogP) is 4.15. The lowest BCUT2D eigenvalue weighted by Crippen LogP contribution is -2.51. The molecule has 234 valence electrons. The highest BCUT2D eigenvalue weighted by Crippen LogP contribution is 2.25. The molecule has 0 atom stereocenters. The second-order valence-electron chi connectivity index (χ2n) is 12.9. The number of anilines is 1. The van der Waals surface area contributed by atoms with E-state index in [1.807, 2.05) is 41.5 Å². The molecule has 0 spiro atoms. The van der Waals surface area contributed by atoms with E-state index < -0.39 is 15.6 Å². The number of aromatic nitrogens is 2. The van der Waals surface area contributed by atoms with E-state index in [1.165, 1.54) is 11.0 Å². The number of nitrogens with zero attached hydrogens (tertiary/aromatic N) is 4. The predicted molar refractivity (Wildman–Crippen MR) is 167 cm³/mol. The van der Waals surface area contributed by atoms with Crippen LogP contribution in [-0.4, -0.2) is 66.8 Å². The van der Waals surface area contributed by atoms with Crippen LogP contribution in [0.4, 0.5) is 5.82 Å². The van der Waals surface area contributed by atoms with E-state index in [0.29, 0.717) is 11.6 Å². The van der Waals surface area contributed by atoms with Gasteiger partial charge in [0.2, 0.25) is 10.0 Å². The van der Waals surface area contributed by atoms with Gasteiger partial charge in [-0.25, -0.2) is 17.9 Å². The maximum atomic E-state index is 13.2. The third kappa shape index (κ3) is 7.85. The third-order valence-corrected chi connectivity index (χ3v) is 9.90. The van der Waals surface area contributed by atoms with Gasteiger partial charge >= 0.3 is 5.69 Å². The van der Waals surface area contributed by atoms with Crippen LogP contribution in [0.3, 0.4) is 0 Å². The summed E-state index contributed by atoms with van der Waals surface area (Å²) in [5.41, 5.74) is -0.957. The van der Waals surface area contributed by atoms with Gasteiger partial charge in [-0.2, -0.15) is 0 Å². The fourth-order valence-electron chi connectivity index (χ4n) is 5.96. The monoisotopic (exact) mass is 603 g/mol. The number of hydrogen-bond acceptors (Lipinski definition) is 7. The molecule has 1 saturated heterocycles. The third-order valence-electron chi connectivity index (χ3n) is 8.36. The number of sulfonamides is 1. The van der Waals surface area contributed by atoms with Crippen molar-refractivity contribution in [1.29, 1.82) is 0 Å². The van der Waals surface area contributed by atoms with Crippen molar-refractivity contribution >= 4 is 15.8 Å². The highest BCUT2D eigenvalue weighted by atomic mass is 32.2. The van der Waals surface area contributed by atoms with Crippen LogP contribution in [0.2, 0.25) is 0 Å². The van der Waals surface area contributed by atoms with Crippen molar-refractivity contribution in [1.82, 2.24) is 18.8 Å². The zero-order chi connectivity index (χ0) is 30.7. The van der Waals surface area contributed by atoms with Crippen LogP contribution in [0.15, 0.2) is 44.8 Å². The highest BCUT2D eigenvalue weighted by molar-refractivity contribution is 7.89. The number of benzene rings is 1. The SMILES string of the molecule is CC(C)n1c(N2CCN(CCC(C)(C)Oc3ccc(S(=O)(=O)NC4CCCCC4)cc3)CC2)cc(=O)n(C(C)C)c1=O. The van der Waals surface area contributed by atoms with Crippen LogP contribution in [0.1, 0.15) is 92.2 Å². The normalized spacial score (nSPS) is 17.8. The van der Waals surface area contributed by atoms with E-state index >= 15 is 0 Å². The molecule has 1 aromatic heterocycles. The lowest BCUT2D eigenvalue weighted by atomic mass is 9.96. The molecular formula is C31H49N5O5S. The molecule has 10 nitrogen and oxygen atoms in total. The Hall–Kier alpha value is -2.63. The summed E-state index contributed by atoms with van der Waals surface area (Å²) in [6.07, 6.45) is 5.89. The first-order chi connectivity index (χ1) is 19.8. The Morgan fingerprint density at radius 2 is 1.50 bits per heavy atom. The molecule has 2 aromatic rings. The highest BCUT2D eigenvalue weighted by Gasteiger charge is 2.27. The van der Waals surface area contributed by atoms with Crippen molar-refractivity contribution in [2.24, 2.45) is 0 Å². The largest absolute Gasteiger partial charge is 0.488 e. The standard InChI is InChI=1S/C31H49N5O5S/c1-23(2)35-28(22-29(37)36(24(3)4)30(35)38)34-20-18-33(19-21-34)17-16-31(5,6)41-26-12-14-27(15-13-26)42(39,40)32-25-10-8-7-9-11-25/h12-15,22-25,32H,7-11,16-21H2,1-6H3. The Kier molecular flexibility index (Phi) is 10.3. The number of piperazine rings is 1. The zero-order valence-corrected chi connectivity index (χ0v) is 27.0. The second kappa shape index (κ2) is 13.3. The fraction of sp³-hybridized carbons (Fsp3) is 0.677. The Morgan fingerprint density at radius 3 is 2.07 bits per heavy atom. The van der Waals surface area contributed by atoms with E-state index in [1.54, 1.807) is 34.9 Å². The zero-order valence-electron chi connectivity index (χ0n) is 26.1. The van der Waals surface area contributed by atoms with Gasteiger partial charge in [-0.3, -0.25) is 18.8 Å². The number of rotatable bonds is 11. The Morgan fingerprint density at radius 1 is 0.905 bits per heavy atom. The Labute approximate surface area is 250 Å². The van der Waals surface area contributed by atoms with Gasteiger partial charge in [0, 0.05) is 56.9 Å². The van der Waals surface area contributed by atoms with Gasteiger partial charge in [0.15, 0.2) is 0 Å². The molecule has 2 aliphatic rings. The van der Waals surface area contributed by atoms with Crippen LogP contribution >= 0.6 is 0 Å². The summed E-state index contributed by atoms with van der Waals surface area (Å²) < 4.78 is 37.8. The minimum absolute atomic E-state index is 0.0224. The first-order valence-corrected chi connectivity index (χ1v) is 16.9. The quantitative estimate of drug-likeness (QED) is 0.411. The lowest BCUT2D eigenvalue weighted by molar-refractivity contribution is 0.0820. The molecule has 1 aliphatic carbocycles. The first-order valence-electron chi connectivity index (χ1n) is 15.4. The summed E-state index contributed by atoms with van der Waals surface area (Å²) in [4.78, 5) is 30.7. The number of hydrogen-bond donors (Lipinski definition) is 1. The Balaban J connectivity index is 1.31. The topological polar surface area (TPSA) is 106 Å². The summed E-state index contributed by atoms with van der Waals surface area (Å²) in [6, 6.07) is 8.08. The second-order valence-corrected chi connectivity index (χ2v) is 14.6. The van der Waals surface area contributed by atoms with Crippen molar-refractivity contribution in [3.05, 3.63) is 51.2 Å². The minimum Gasteiger partial charge on any atom is -0.488 e. The molecule has 1 aromatic carbocycles. The maximum Gasteiger partial charge on any atom is 0.333 e. The van der Waals surface area contributed by atoms with E-state index in [4.69, 9.17) is 4.74 Å². The summed E-state index contributed by atoms with van der Waals surface area (Å²) >= 11 is 0. The van der Waals surface area contributed by atoms with Crippen molar-refractivity contribution in [2.45, 2.75) is 109 Å². The molecule has 1 N–H and O–H groups in total. The summed E-state index contributed by atoms with van der Waals surface area (Å²) in [6.45, 7) is 15.7. The van der Waals surface area contributed by atoms with Gasteiger partial charge in [0.25, 0.3) is 5.56 Å². The van der Waals surface area contributed by atoms with Crippen molar-refractivity contribution in [3.8, 4) is 5.75 Å². The molecule has 1 saturated carbocycles. The van der Waals surface area contributed by atoms with Crippen molar-refractivity contribution in [3.63, 3.8) is 0 Å². The molecule has 0 radical (unpaired) electrons. The van der Waals surface area contributed by atoms with Crippen molar-refractivity contribution in [2.75, 3.05) is 37.6 Å². The van der Waals surface area contributed by atoms with Gasteiger partial charge in [-0.15, -0.1) is 0 Å². The summed E-state index contributed by atoms with van der Waals surface area (Å²) in [5, 5.41) is 0. The molecule has 0 amide bonds. The fourth-order valence-corrected chi connectivity index (χ4v) is 7.26. The van der Waals surface area contributed by atoms with Gasteiger partial charge in [-0.1, -0.05) is 19.3 Å². The molecule has 2 fully saturated rings. The van der Waals surface area contributed by atoms with Crippen LogP contribution in [-0.2, 0) is 10.0 Å². The van der Waals surface area contributed by atoms with Crippen molar-refractivity contribution < 1.29 is 13.2 Å². The van der Waals surface area contributed by atoms with E-state index in [0.717, 1.165) is 64.8 Å². The first kappa shape index (κ1) is 32.3. The average molecular weight is 604 g/mol. The van der Waals surface area contributed by atoms with Crippen LogP contribution in [0, 0.1) is 0 Å². The molecule has 4 rings (SSSR count). The van der Waals surface area contributed by atoms with Crippen LogP contribution in [0.5, 0.6) is 5.75 Å². The molecule has 2 heterocycles. The smallest absolute Gasteiger partial charge is 0.333 e. The maximum absolute atomic E-state index is 13.2. The lowest BCUT2D eigenvalue weighted by Gasteiger charge is -2.38. The molecular weight excluding hydrogens is 554 g/mol. The van der Waals surface area contributed by atoms with Gasteiger partial charge in [-0.05, 0) is 85.1 Å². The van der Waals surface area contributed by atoms with E-state index in [-0.39, 0.29) is 34.3 Å². The van der Waals surface area contributed by atoms with Crippen LogP contribution < -0.4 is 25.6 Å². The minimum atomic E-state index is -3.54. The Bertz CT molecular complexity index is 1420. The molecule has 0 bridgehead atoms. The molecule has 42 heavy (non-hydrogen) atoms. The average Bonchev–Trinajstić information content (AvgIpc) is 2.92.